The van der Waals surface area contributed by atoms with E-state index in [1.165, 1.54) is 0 Å². The number of carbonyl (C=O) groups excluding carboxylic acids is 1. The first-order valence-electron chi connectivity index (χ1n) is 7.92. The monoisotopic (exact) mass is 336 g/mol. The summed E-state index contributed by atoms with van der Waals surface area (Å²) in [7, 11) is 3.72. The van der Waals surface area contributed by atoms with Crippen LogP contribution in [0.1, 0.15) is 19.8 Å². The Morgan fingerprint density at radius 3 is 2.67 bits per heavy atom. The van der Waals surface area contributed by atoms with Gasteiger partial charge in [0.1, 0.15) is 5.82 Å². The van der Waals surface area contributed by atoms with Crippen LogP contribution < -0.4 is 15.5 Å². The predicted octanol–water partition coefficient (Wildman–Crippen LogP) is 0.602. The molecule has 9 nitrogen and oxygen atoms in total. The molecule has 1 aromatic rings. The lowest BCUT2D eigenvalue weighted by Crippen LogP contribution is -2.55. The quantitative estimate of drug-likeness (QED) is 0.669. The molecule has 1 heterocycles. The standard InChI is InChI=1S/C15H24N6O3/c1-4-21(9-13(22)23)11-7-10(8-11)17-15(24)19-14-16-6-5-12(18-14)20(2)3/h5-6,10-11H,4,7-9H2,1-3H3,(H,22,23)(H2,16,17,18,19,24). The van der Waals surface area contributed by atoms with Gasteiger partial charge >= 0.3 is 12.0 Å². The van der Waals surface area contributed by atoms with Gasteiger partial charge in [0.25, 0.3) is 0 Å². The Balaban J connectivity index is 1.78. The molecule has 2 amide bonds. The maximum absolute atomic E-state index is 12.0. The van der Waals surface area contributed by atoms with Crippen LogP contribution >= 0.6 is 0 Å². The van der Waals surface area contributed by atoms with Crippen LogP contribution in [0.25, 0.3) is 0 Å². The molecule has 0 spiro atoms. The van der Waals surface area contributed by atoms with E-state index in [-0.39, 0.29) is 30.6 Å². The van der Waals surface area contributed by atoms with Crippen LogP contribution in [0.15, 0.2) is 12.3 Å². The van der Waals surface area contributed by atoms with Gasteiger partial charge in [-0.25, -0.2) is 9.78 Å². The molecule has 0 aliphatic heterocycles. The SMILES string of the molecule is CCN(CC(=O)O)C1CC(NC(=O)Nc2nccc(N(C)C)n2)C1. The van der Waals surface area contributed by atoms with Crippen LogP contribution in [0.4, 0.5) is 16.6 Å². The minimum Gasteiger partial charge on any atom is -0.480 e. The summed E-state index contributed by atoms with van der Waals surface area (Å²) in [5.74, 6) is 0.121. The Kier molecular flexibility index (Phi) is 5.91. The van der Waals surface area contributed by atoms with Gasteiger partial charge in [0, 0.05) is 32.4 Å². The third kappa shape index (κ3) is 4.79. The topological polar surface area (TPSA) is 111 Å². The second-order valence-electron chi connectivity index (χ2n) is 6.01. The summed E-state index contributed by atoms with van der Waals surface area (Å²) < 4.78 is 0. The molecular formula is C15H24N6O3. The molecule has 1 aliphatic rings. The highest BCUT2D eigenvalue weighted by atomic mass is 16.4. The molecular weight excluding hydrogens is 312 g/mol. The molecule has 1 aromatic heterocycles. The summed E-state index contributed by atoms with van der Waals surface area (Å²) in [5, 5.41) is 14.4. The number of rotatable bonds is 7. The lowest BCUT2D eigenvalue weighted by molar-refractivity contribution is -0.139. The van der Waals surface area contributed by atoms with Crippen LogP contribution in [-0.4, -0.2) is 71.2 Å². The smallest absolute Gasteiger partial charge is 0.321 e. The molecule has 0 saturated heterocycles. The van der Waals surface area contributed by atoms with E-state index in [0.717, 1.165) is 12.8 Å². The Morgan fingerprint density at radius 2 is 2.08 bits per heavy atom. The number of carboxylic acids is 1. The van der Waals surface area contributed by atoms with E-state index in [1.807, 2.05) is 30.8 Å². The maximum atomic E-state index is 12.0. The van der Waals surface area contributed by atoms with Crippen LogP contribution in [0.5, 0.6) is 0 Å². The van der Waals surface area contributed by atoms with Crippen LogP contribution in [0.2, 0.25) is 0 Å². The van der Waals surface area contributed by atoms with Crippen molar-refractivity contribution in [3.63, 3.8) is 0 Å². The van der Waals surface area contributed by atoms with Crippen molar-refractivity contribution < 1.29 is 14.7 Å². The summed E-state index contributed by atoms with van der Waals surface area (Å²) in [6.07, 6.45) is 3.07. The molecule has 1 aliphatic carbocycles. The molecule has 0 bridgehead atoms. The Morgan fingerprint density at radius 1 is 1.38 bits per heavy atom. The van der Waals surface area contributed by atoms with Crippen LogP contribution in [0.3, 0.4) is 0 Å². The molecule has 9 heteroatoms. The van der Waals surface area contributed by atoms with Gasteiger partial charge in [-0.3, -0.25) is 15.0 Å². The summed E-state index contributed by atoms with van der Waals surface area (Å²) in [6.45, 7) is 2.65. The largest absolute Gasteiger partial charge is 0.480 e. The molecule has 0 aromatic carbocycles. The van der Waals surface area contributed by atoms with Crippen molar-refractivity contribution >= 4 is 23.8 Å². The number of hydrogen-bond acceptors (Lipinski definition) is 6. The van der Waals surface area contributed by atoms with Crippen molar-refractivity contribution in [1.82, 2.24) is 20.2 Å². The lowest BCUT2D eigenvalue weighted by Gasteiger charge is -2.42. The normalized spacial score (nSPS) is 19.5. The summed E-state index contributed by atoms with van der Waals surface area (Å²) in [6, 6.07) is 1.64. The number of amides is 2. The number of carbonyl (C=O) groups is 2. The highest BCUT2D eigenvalue weighted by Crippen LogP contribution is 2.25. The average Bonchev–Trinajstić information content (AvgIpc) is 2.48. The minimum atomic E-state index is -0.830. The van der Waals surface area contributed by atoms with Crippen LogP contribution in [0, 0.1) is 0 Å². The Labute approximate surface area is 141 Å². The molecule has 1 fully saturated rings. The van der Waals surface area contributed by atoms with Gasteiger partial charge in [-0.2, -0.15) is 4.98 Å². The van der Waals surface area contributed by atoms with E-state index in [2.05, 4.69) is 20.6 Å². The van der Waals surface area contributed by atoms with E-state index in [1.54, 1.807) is 12.3 Å². The molecule has 2 rings (SSSR count). The van der Waals surface area contributed by atoms with Crippen molar-refractivity contribution in [2.45, 2.75) is 31.8 Å². The van der Waals surface area contributed by atoms with Crippen LogP contribution in [-0.2, 0) is 4.79 Å². The van der Waals surface area contributed by atoms with E-state index < -0.39 is 5.97 Å². The molecule has 0 atom stereocenters. The highest BCUT2D eigenvalue weighted by molar-refractivity contribution is 5.87. The molecule has 0 radical (unpaired) electrons. The van der Waals surface area contributed by atoms with E-state index >= 15 is 0 Å². The summed E-state index contributed by atoms with van der Waals surface area (Å²) >= 11 is 0. The number of nitrogens with zero attached hydrogens (tertiary/aromatic N) is 4. The molecule has 132 valence electrons. The first-order chi connectivity index (χ1) is 11.4. The maximum Gasteiger partial charge on any atom is 0.321 e. The molecule has 24 heavy (non-hydrogen) atoms. The fourth-order valence-electron chi connectivity index (χ4n) is 2.66. The first-order valence-corrected chi connectivity index (χ1v) is 7.92. The third-order valence-corrected chi connectivity index (χ3v) is 4.03. The van der Waals surface area contributed by atoms with Crippen molar-refractivity contribution in [3.05, 3.63) is 12.3 Å². The fraction of sp³-hybridized carbons (Fsp3) is 0.600. The van der Waals surface area contributed by atoms with Gasteiger partial charge in [0.15, 0.2) is 0 Å². The molecule has 1 saturated carbocycles. The highest BCUT2D eigenvalue weighted by Gasteiger charge is 2.34. The van der Waals surface area contributed by atoms with Gasteiger partial charge in [0.05, 0.1) is 6.54 Å². The Hall–Kier alpha value is -2.42. The number of nitrogens with one attached hydrogen (secondary N) is 2. The zero-order valence-electron chi connectivity index (χ0n) is 14.2. The summed E-state index contributed by atoms with van der Waals surface area (Å²) in [5.41, 5.74) is 0. The number of anilines is 2. The lowest BCUT2D eigenvalue weighted by atomic mass is 9.85. The average molecular weight is 336 g/mol. The molecule has 0 unspecified atom stereocenters. The van der Waals surface area contributed by atoms with Gasteiger partial charge < -0.3 is 15.3 Å². The first kappa shape index (κ1) is 17.9. The number of urea groups is 1. The fourth-order valence-corrected chi connectivity index (χ4v) is 2.66. The number of hydrogen-bond donors (Lipinski definition) is 3. The zero-order chi connectivity index (χ0) is 17.7. The summed E-state index contributed by atoms with van der Waals surface area (Å²) in [4.78, 5) is 34.8. The van der Waals surface area contributed by atoms with Crippen molar-refractivity contribution in [3.8, 4) is 0 Å². The van der Waals surface area contributed by atoms with E-state index in [4.69, 9.17) is 5.11 Å². The van der Waals surface area contributed by atoms with Crippen molar-refractivity contribution in [2.24, 2.45) is 0 Å². The van der Waals surface area contributed by atoms with Gasteiger partial charge in [0.2, 0.25) is 5.95 Å². The van der Waals surface area contributed by atoms with Gasteiger partial charge in [-0.15, -0.1) is 0 Å². The number of likely N-dealkylation sites (N-methyl/N-ethyl adjacent to an activating group) is 1. The van der Waals surface area contributed by atoms with E-state index in [0.29, 0.717) is 12.4 Å². The predicted molar refractivity (Wildman–Crippen MR) is 90.2 cm³/mol. The third-order valence-electron chi connectivity index (χ3n) is 4.03. The second kappa shape index (κ2) is 7.91. The number of aromatic nitrogens is 2. The Bertz CT molecular complexity index is 588. The van der Waals surface area contributed by atoms with Gasteiger partial charge in [-0.05, 0) is 25.5 Å². The van der Waals surface area contributed by atoms with E-state index in [9.17, 15) is 9.59 Å². The van der Waals surface area contributed by atoms with Gasteiger partial charge in [-0.1, -0.05) is 6.92 Å². The molecule has 3 N–H and O–H groups in total. The zero-order valence-corrected chi connectivity index (χ0v) is 14.2. The minimum absolute atomic E-state index is 0.0330. The number of aliphatic carboxylic acids is 1. The van der Waals surface area contributed by atoms with Crippen molar-refractivity contribution in [1.29, 1.82) is 0 Å². The number of carboxylic acid groups (broad SMARTS) is 1. The second-order valence-corrected chi connectivity index (χ2v) is 6.01. The van der Waals surface area contributed by atoms with Crippen molar-refractivity contribution in [2.75, 3.05) is 37.4 Å².